The van der Waals surface area contributed by atoms with E-state index in [1.165, 1.54) is 0 Å². The van der Waals surface area contributed by atoms with Gasteiger partial charge in [-0.2, -0.15) is 0 Å². The minimum Gasteiger partial charge on any atom is -0.507 e. The lowest BCUT2D eigenvalue weighted by atomic mass is 9.95. The number of aromatic hydroxyl groups is 1. The third kappa shape index (κ3) is 4.24. The number of carbonyl (C=O) groups is 3. The molecule has 3 aliphatic rings. The summed E-state index contributed by atoms with van der Waals surface area (Å²) in [5, 5.41) is 14.2. The Kier molecular flexibility index (Phi) is 6.41. The first kappa shape index (κ1) is 29.5. The number of rotatable bonds is 4. The van der Waals surface area contributed by atoms with Crippen molar-refractivity contribution >= 4 is 79.1 Å². The molecule has 246 valence electrons. The predicted molar refractivity (Wildman–Crippen MR) is 190 cm³/mol. The molecule has 5 N–H and O–H groups in total. The first-order chi connectivity index (χ1) is 23.7. The SMILES string of the molecule is COc1ccc2c(O)cc3c(c2c1)[C@H](CCl)CN3C(=O)c1cc2c3c(ccc2[nH]1)N(C(=O)c1cc2c4c(ccc2[nH]1)N(C(N)=O)CC4)CC3. The Labute approximate surface area is 284 Å². The van der Waals surface area contributed by atoms with Gasteiger partial charge in [-0.3, -0.25) is 14.5 Å². The number of nitrogens with one attached hydrogen (secondary N) is 2. The van der Waals surface area contributed by atoms with Gasteiger partial charge in [0.2, 0.25) is 0 Å². The molecule has 0 fully saturated rings. The summed E-state index contributed by atoms with van der Waals surface area (Å²) >= 11 is 6.45. The van der Waals surface area contributed by atoms with E-state index in [9.17, 15) is 19.5 Å². The fraction of sp³-hybridized carbons (Fsp3) is 0.216. The average molecular weight is 675 g/mol. The number of ether oxygens (including phenoxy) is 1. The highest BCUT2D eigenvalue weighted by molar-refractivity contribution is 6.19. The summed E-state index contributed by atoms with van der Waals surface area (Å²) in [6.07, 6.45) is 1.30. The van der Waals surface area contributed by atoms with Gasteiger partial charge in [0.1, 0.15) is 22.9 Å². The highest BCUT2D eigenvalue weighted by Gasteiger charge is 2.36. The highest BCUT2D eigenvalue weighted by Crippen LogP contribution is 2.47. The van der Waals surface area contributed by atoms with E-state index in [4.69, 9.17) is 22.1 Å². The van der Waals surface area contributed by atoms with Crippen LogP contribution in [0.5, 0.6) is 11.5 Å². The average Bonchev–Trinajstić information content (AvgIpc) is 3.93. The number of nitrogens with two attached hydrogens (primary N) is 1. The van der Waals surface area contributed by atoms with Crippen LogP contribution in [0.25, 0.3) is 32.6 Å². The van der Waals surface area contributed by atoms with E-state index >= 15 is 0 Å². The molecule has 4 aromatic carbocycles. The molecule has 0 bridgehead atoms. The molecule has 5 heterocycles. The zero-order valence-electron chi connectivity index (χ0n) is 26.5. The highest BCUT2D eigenvalue weighted by atomic mass is 35.5. The molecule has 9 rings (SSSR count). The number of carbonyl (C=O) groups excluding carboxylic acids is 3. The van der Waals surface area contributed by atoms with E-state index in [0.29, 0.717) is 66.6 Å². The smallest absolute Gasteiger partial charge is 0.319 e. The lowest BCUT2D eigenvalue weighted by Gasteiger charge is -2.17. The van der Waals surface area contributed by atoms with E-state index in [2.05, 4.69) is 9.97 Å². The summed E-state index contributed by atoms with van der Waals surface area (Å²) < 4.78 is 5.45. The molecule has 49 heavy (non-hydrogen) atoms. The number of nitrogens with zero attached hydrogens (tertiary/aromatic N) is 3. The molecule has 0 radical (unpaired) electrons. The normalized spacial score (nSPS) is 16.5. The number of fused-ring (bicyclic) bond motifs is 9. The van der Waals surface area contributed by atoms with E-state index in [-0.39, 0.29) is 23.5 Å². The number of H-pyrrole nitrogens is 2. The standard InChI is InChI=1S/C37H31ClN6O5/c1-49-19-2-3-22-25(12-19)34-18(16-38)17-44(32(34)15-33(22)45)36(47)29-14-23-20-8-10-42(30(20)6-4-26(23)41-29)35(46)28-13-24-21-9-11-43(37(39)48)31(21)7-5-27(24)40-28/h2-7,12-15,18,40-41,45H,8-11,16-17H2,1H3,(H2,39,48)/t18-/m1/s1. The van der Waals surface area contributed by atoms with Crippen LogP contribution >= 0.6 is 11.6 Å². The third-order valence-corrected chi connectivity index (χ3v) is 10.8. The van der Waals surface area contributed by atoms with Gasteiger partial charge in [-0.05, 0) is 89.5 Å². The van der Waals surface area contributed by atoms with E-state index in [1.807, 2.05) is 48.5 Å². The molecular formula is C37H31ClN6O5. The van der Waals surface area contributed by atoms with Crippen molar-refractivity contribution in [1.82, 2.24) is 9.97 Å². The number of hydrogen-bond acceptors (Lipinski definition) is 5. The minimum atomic E-state index is -0.488. The second-order valence-electron chi connectivity index (χ2n) is 12.9. The molecule has 0 aliphatic carbocycles. The summed E-state index contributed by atoms with van der Waals surface area (Å²) in [6, 6.07) is 17.9. The number of urea groups is 1. The maximum Gasteiger partial charge on any atom is 0.319 e. The maximum absolute atomic E-state index is 14.1. The van der Waals surface area contributed by atoms with Gasteiger partial charge in [-0.25, -0.2) is 4.79 Å². The summed E-state index contributed by atoms with van der Waals surface area (Å²) in [7, 11) is 1.59. The van der Waals surface area contributed by atoms with Crippen molar-refractivity contribution in [3.8, 4) is 11.5 Å². The number of phenols is 1. The van der Waals surface area contributed by atoms with E-state index in [0.717, 1.165) is 55.3 Å². The number of amides is 4. The van der Waals surface area contributed by atoms with Gasteiger partial charge in [0.05, 0.1) is 12.8 Å². The number of methoxy groups -OCH3 is 1. The molecule has 3 aliphatic heterocycles. The Hall–Kier alpha value is -5.68. The van der Waals surface area contributed by atoms with Crippen molar-refractivity contribution in [2.75, 3.05) is 47.3 Å². The van der Waals surface area contributed by atoms with Crippen LogP contribution < -0.4 is 25.2 Å². The molecule has 11 nitrogen and oxygen atoms in total. The van der Waals surface area contributed by atoms with Gasteiger partial charge in [-0.15, -0.1) is 11.6 Å². The number of aromatic nitrogens is 2. The number of halogens is 1. The molecule has 1 atom stereocenters. The van der Waals surface area contributed by atoms with Crippen LogP contribution in [0.3, 0.4) is 0 Å². The summed E-state index contributed by atoms with van der Waals surface area (Å²) in [4.78, 5) is 51.6. The summed E-state index contributed by atoms with van der Waals surface area (Å²) in [5.74, 6) is 0.534. The molecule has 2 aromatic heterocycles. The van der Waals surface area contributed by atoms with Gasteiger partial charge in [0.25, 0.3) is 11.8 Å². The Morgan fingerprint density at radius 3 is 2.02 bits per heavy atom. The van der Waals surface area contributed by atoms with Crippen LogP contribution in [0.4, 0.5) is 21.9 Å². The fourth-order valence-electron chi connectivity index (χ4n) is 8.09. The van der Waals surface area contributed by atoms with Crippen molar-refractivity contribution in [2.24, 2.45) is 5.73 Å². The summed E-state index contributed by atoms with van der Waals surface area (Å²) in [5.41, 5.74) is 13.2. The summed E-state index contributed by atoms with van der Waals surface area (Å²) in [6.45, 7) is 1.38. The second kappa shape index (κ2) is 10.7. The lowest BCUT2D eigenvalue weighted by Crippen LogP contribution is -2.33. The van der Waals surface area contributed by atoms with Gasteiger partial charge in [-0.1, -0.05) is 0 Å². The van der Waals surface area contributed by atoms with Crippen molar-refractivity contribution in [2.45, 2.75) is 18.8 Å². The fourth-order valence-corrected chi connectivity index (χ4v) is 8.34. The second-order valence-corrected chi connectivity index (χ2v) is 13.2. The number of aromatic amines is 2. The first-order valence-corrected chi connectivity index (χ1v) is 16.7. The number of hydrogen-bond donors (Lipinski definition) is 4. The molecule has 0 saturated heterocycles. The molecule has 6 aromatic rings. The van der Waals surface area contributed by atoms with Crippen LogP contribution in [-0.4, -0.2) is 65.5 Å². The lowest BCUT2D eigenvalue weighted by molar-refractivity contribution is 0.0977. The van der Waals surface area contributed by atoms with Crippen LogP contribution in [-0.2, 0) is 12.8 Å². The van der Waals surface area contributed by atoms with Crippen LogP contribution in [0.2, 0.25) is 0 Å². The number of alkyl halides is 1. The Morgan fingerprint density at radius 1 is 0.796 bits per heavy atom. The third-order valence-electron chi connectivity index (χ3n) is 10.4. The van der Waals surface area contributed by atoms with Crippen LogP contribution in [0.1, 0.15) is 43.6 Å². The van der Waals surface area contributed by atoms with Crippen molar-refractivity contribution in [3.05, 3.63) is 88.7 Å². The largest absolute Gasteiger partial charge is 0.507 e. The van der Waals surface area contributed by atoms with Gasteiger partial charge in [0, 0.05) is 76.1 Å². The Bertz CT molecular complexity index is 2430. The zero-order chi connectivity index (χ0) is 33.7. The van der Waals surface area contributed by atoms with Gasteiger partial charge >= 0.3 is 6.03 Å². The van der Waals surface area contributed by atoms with Crippen LogP contribution in [0.15, 0.2) is 60.7 Å². The van der Waals surface area contributed by atoms with E-state index in [1.54, 1.807) is 33.9 Å². The Balaban J connectivity index is 1.04. The first-order valence-electron chi connectivity index (χ1n) is 16.1. The monoisotopic (exact) mass is 674 g/mol. The quantitative estimate of drug-likeness (QED) is 0.166. The van der Waals surface area contributed by atoms with E-state index < -0.39 is 6.03 Å². The number of benzene rings is 4. The molecule has 12 heteroatoms. The predicted octanol–water partition coefficient (Wildman–Crippen LogP) is 6.14. The number of anilines is 3. The maximum atomic E-state index is 14.1. The topological polar surface area (TPSA) is 148 Å². The van der Waals surface area contributed by atoms with Crippen molar-refractivity contribution < 1.29 is 24.2 Å². The molecular weight excluding hydrogens is 644 g/mol. The van der Waals surface area contributed by atoms with Crippen molar-refractivity contribution in [3.63, 3.8) is 0 Å². The zero-order valence-corrected chi connectivity index (χ0v) is 27.2. The van der Waals surface area contributed by atoms with Crippen LogP contribution in [0, 0.1) is 0 Å². The minimum absolute atomic E-state index is 0.0793. The molecule has 0 saturated carbocycles. The number of phenolic OH excluding ortho intramolecular Hbond substituents is 1. The Morgan fingerprint density at radius 2 is 1.41 bits per heavy atom. The van der Waals surface area contributed by atoms with Gasteiger partial charge < -0.3 is 35.3 Å². The molecule has 0 spiro atoms. The van der Waals surface area contributed by atoms with Crippen molar-refractivity contribution in [1.29, 1.82) is 0 Å². The molecule has 4 amide bonds. The molecule has 0 unspecified atom stereocenters. The van der Waals surface area contributed by atoms with Gasteiger partial charge in [0.15, 0.2) is 0 Å². The number of primary amides is 1.